The lowest BCUT2D eigenvalue weighted by Crippen LogP contribution is -2.36. The van der Waals surface area contributed by atoms with E-state index in [-0.39, 0.29) is 16.8 Å². The zero-order valence-corrected chi connectivity index (χ0v) is 14.3. The maximum Gasteiger partial charge on any atom is 0.250 e. The van der Waals surface area contributed by atoms with Crippen molar-refractivity contribution in [2.75, 3.05) is 19.6 Å². The van der Waals surface area contributed by atoms with Crippen molar-refractivity contribution < 1.29 is 12.8 Å². The summed E-state index contributed by atoms with van der Waals surface area (Å²) in [7, 11) is -3.54. The van der Waals surface area contributed by atoms with Crippen LogP contribution in [0.15, 0.2) is 39.2 Å². The predicted octanol–water partition coefficient (Wildman–Crippen LogP) is 3.11. The van der Waals surface area contributed by atoms with Crippen LogP contribution in [-0.4, -0.2) is 33.0 Å². The number of nitrogens with zero attached hydrogens (tertiary/aromatic N) is 1. The molecule has 0 bridgehead atoms. The molecule has 5 nitrogen and oxygen atoms in total. The second-order valence-electron chi connectivity index (χ2n) is 5.18. The summed E-state index contributed by atoms with van der Waals surface area (Å²) in [6.07, 6.45) is 3.88. The fourth-order valence-corrected chi connectivity index (χ4v) is 5.21. The summed E-state index contributed by atoms with van der Waals surface area (Å²) >= 11 is 6.87. The SMILES string of the molecule is O=S(=O)(NCC(c1ccco1)N1CCCC1)c1ccc(Cl)s1. The van der Waals surface area contributed by atoms with E-state index in [1.165, 1.54) is 6.07 Å². The van der Waals surface area contributed by atoms with Gasteiger partial charge in [0.1, 0.15) is 9.97 Å². The minimum absolute atomic E-state index is 0.0808. The fourth-order valence-electron chi connectivity index (χ4n) is 2.65. The van der Waals surface area contributed by atoms with Crippen LogP contribution < -0.4 is 4.72 Å². The Balaban J connectivity index is 1.74. The predicted molar refractivity (Wildman–Crippen MR) is 86.8 cm³/mol. The highest BCUT2D eigenvalue weighted by atomic mass is 35.5. The standard InChI is InChI=1S/C14H17ClN2O3S2/c15-13-5-6-14(21-13)22(18,19)16-10-11(12-4-3-9-20-12)17-7-1-2-8-17/h3-6,9,11,16H,1-2,7-8,10H2. The van der Waals surface area contributed by atoms with Gasteiger partial charge in [-0.15, -0.1) is 11.3 Å². The highest BCUT2D eigenvalue weighted by Gasteiger charge is 2.27. The summed E-state index contributed by atoms with van der Waals surface area (Å²) in [5, 5.41) is 0. The molecule has 2 aromatic heterocycles. The highest BCUT2D eigenvalue weighted by molar-refractivity contribution is 7.91. The number of rotatable bonds is 6. The van der Waals surface area contributed by atoms with Gasteiger partial charge in [-0.25, -0.2) is 13.1 Å². The minimum atomic E-state index is -3.54. The number of sulfonamides is 1. The van der Waals surface area contributed by atoms with E-state index in [0.717, 1.165) is 43.0 Å². The lowest BCUT2D eigenvalue weighted by Gasteiger charge is -2.25. The lowest BCUT2D eigenvalue weighted by molar-refractivity contribution is 0.216. The van der Waals surface area contributed by atoms with Crippen LogP contribution in [0.25, 0.3) is 0 Å². The Labute approximate surface area is 138 Å². The summed E-state index contributed by atoms with van der Waals surface area (Å²) in [6.45, 7) is 2.20. The molecule has 1 unspecified atom stereocenters. The monoisotopic (exact) mass is 360 g/mol. The number of hydrogen-bond acceptors (Lipinski definition) is 5. The second-order valence-corrected chi connectivity index (χ2v) is 8.89. The molecule has 3 rings (SSSR count). The second kappa shape index (κ2) is 6.72. The molecule has 8 heteroatoms. The Morgan fingerprint density at radius 1 is 1.32 bits per heavy atom. The molecule has 1 aliphatic heterocycles. The van der Waals surface area contributed by atoms with Crippen LogP contribution in [0.1, 0.15) is 24.6 Å². The van der Waals surface area contributed by atoms with Crippen molar-refractivity contribution in [3.8, 4) is 0 Å². The molecule has 1 saturated heterocycles. The molecule has 0 radical (unpaired) electrons. The smallest absolute Gasteiger partial charge is 0.250 e. The molecular weight excluding hydrogens is 344 g/mol. The summed E-state index contributed by atoms with van der Waals surface area (Å²) in [4.78, 5) is 2.25. The van der Waals surface area contributed by atoms with Crippen LogP contribution in [0.4, 0.5) is 0 Å². The van der Waals surface area contributed by atoms with Crippen LogP contribution in [0, 0.1) is 0 Å². The van der Waals surface area contributed by atoms with Crippen molar-refractivity contribution in [3.05, 3.63) is 40.6 Å². The van der Waals surface area contributed by atoms with E-state index in [9.17, 15) is 8.42 Å². The van der Waals surface area contributed by atoms with Gasteiger partial charge < -0.3 is 4.42 Å². The summed E-state index contributed by atoms with van der Waals surface area (Å²) in [6, 6.07) is 6.74. The van der Waals surface area contributed by atoms with Crippen LogP contribution in [0.2, 0.25) is 4.34 Å². The average molecular weight is 361 g/mol. The first kappa shape index (κ1) is 16.0. The molecule has 0 spiro atoms. The quantitative estimate of drug-likeness (QED) is 0.859. The summed E-state index contributed by atoms with van der Waals surface area (Å²) in [5.41, 5.74) is 0. The molecule has 1 N–H and O–H groups in total. The van der Waals surface area contributed by atoms with E-state index in [0.29, 0.717) is 4.34 Å². The molecule has 0 aliphatic carbocycles. The van der Waals surface area contributed by atoms with E-state index in [1.54, 1.807) is 12.3 Å². The van der Waals surface area contributed by atoms with Crippen LogP contribution in [-0.2, 0) is 10.0 Å². The van der Waals surface area contributed by atoms with Crippen LogP contribution in [0.5, 0.6) is 0 Å². The maximum absolute atomic E-state index is 12.3. The largest absolute Gasteiger partial charge is 0.468 e. The van der Waals surface area contributed by atoms with Gasteiger partial charge in [0.05, 0.1) is 16.6 Å². The van der Waals surface area contributed by atoms with Crippen molar-refractivity contribution in [3.63, 3.8) is 0 Å². The van der Waals surface area contributed by atoms with Crippen molar-refractivity contribution in [1.82, 2.24) is 9.62 Å². The Kier molecular flexibility index (Phi) is 4.89. The number of thiophene rings is 1. The third-order valence-electron chi connectivity index (χ3n) is 3.73. The molecule has 22 heavy (non-hydrogen) atoms. The molecule has 120 valence electrons. The number of hydrogen-bond donors (Lipinski definition) is 1. The van der Waals surface area contributed by atoms with Crippen molar-refractivity contribution >= 4 is 33.0 Å². The van der Waals surface area contributed by atoms with Crippen molar-refractivity contribution in [2.24, 2.45) is 0 Å². The minimum Gasteiger partial charge on any atom is -0.468 e. The van der Waals surface area contributed by atoms with Gasteiger partial charge in [0, 0.05) is 6.54 Å². The molecule has 2 aromatic rings. The molecular formula is C14H17ClN2O3S2. The van der Waals surface area contributed by atoms with Gasteiger partial charge in [-0.1, -0.05) is 11.6 Å². The van der Waals surface area contributed by atoms with Gasteiger partial charge >= 0.3 is 0 Å². The van der Waals surface area contributed by atoms with Crippen molar-refractivity contribution in [2.45, 2.75) is 23.1 Å². The first-order chi connectivity index (χ1) is 10.6. The van der Waals surface area contributed by atoms with Gasteiger partial charge in [-0.3, -0.25) is 4.90 Å². The van der Waals surface area contributed by atoms with Crippen LogP contribution in [0.3, 0.4) is 0 Å². The zero-order chi connectivity index (χ0) is 15.6. The maximum atomic E-state index is 12.3. The third-order valence-corrected chi connectivity index (χ3v) is 6.88. The Morgan fingerprint density at radius 2 is 2.09 bits per heavy atom. The first-order valence-electron chi connectivity index (χ1n) is 7.09. The Bertz CT molecular complexity index is 706. The zero-order valence-electron chi connectivity index (χ0n) is 11.9. The highest BCUT2D eigenvalue weighted by Crippen LogP contribution is 2.28. The van der Waals surface area contributed by atoms with Gasteiger partial charge in [0.25, 0.3) is 0 Å². The van der Waals surface area contributed by atoms with E-state index in [1.807, 2.05) is 12.1 Å². The van der Waals surface area contributed by atoms with E-state index < -0.39 is 10.0 Å². The summed E-state index contributed by atoms with van der Waals surface area (Å²) < 4.78 is 33.5. The van der Waals surface area contributed by atoms with Gasteiger partial charge in [-0.2, -0.15) is 0 Å². The summed E-state index contributed by atoms with van der Waals surface area (Å²) in [5.74, 6) is 0.786. The van der Waals surface area contributed by atoms with Crippen molar-refractivity contribution in [1.29, 1.82) is 0 Å². The van der Waals surface area contributed by atoms with Gasteiger partial charge in [-0.05, 0) is 50.2 Å². The molecule has 1 atom stereocenters. The lowest BCUT2D eigenvalue weighted by atomic mass is 10.2. The van der Waals surface area contributed by atoms with Gasteiger partial charge in [0.2, 0.25) is 10.0 Å². The van der Waals surface area contributed by atoms with E-state index >= 15 is 0 Å². The molecule has 1 fully saturated rings. The fraction of sp³-hybridized carbons (Fsp3) is 0.429. The number of furan rings is 1. The molecule has 0 aromatic carbocycles. The van der Waals surface area contributed by atoms with E-state index in [4.69, 9.17) is 16.0 Å². The number of likely N-dealkylation sites (tertiary alicyclic amines) is 1. The van der Waals surface area contributed by atoms with Gasteiger partial charge in [0.15, 0.2) is 0 Å². The molecule has 0 saturated carbocycles. The topological polar surface area (TPSA) is 62.6 Å². The normalized spacial score (nSPS) is 17.9. The Morgan fingerprint density at radius 3 is 2.68 bits per heavy atom. The molecule has 3 heterocycles. The third kappa shape index (κ3) is 3.55. The molecule has 0 amide bonds. The molecule has 1 aliphatic rings. The van der Waals surface area contributed by atoms with E-state index in [2.05, 4.69) is 9.62 Å². The first-order valence-corrected chi connectivity index (χ1v) is 9.76. The number of halogens is 1. The average Bonchev–Trinajstić information content (AvgIpc) is 3.20. The number of nitrogens with one attached hydrogen (secondary N) is 1. The van der Waals surface area contributed by atoms with Crippen LogP contribution >= 0.6 is 22.9 Å². The Hall–Kier alpha value is -0.860.